The Bertz CT molecular complexity index is 1100. The van der Waals surface area contributed by atoms with Gasteiger partial charge in [0.15, 0.2) is 0 Å². The van der Waals surface area contributed by atoms with Crippen molar-refractivity contribution in [2.45, 2.75) is 0 Å². The molecule has 9 heteroatoms. The summed E-state index contributed by atoms with van der Waals surface area (Å²) in [6.45, 7) is 0. The summed E-state index contributed by atoms with van der Waals surface area (Å²) in [4.78, 5) is 40.4. The molecule has 2 aromatic heterocycles. The molecule has 2 amide bonds. The van der Waals surface area contributed by atoms with Gasteiger partial charge in [-0.15, -0.1) is 0 Å². The fourth-order valence-electron chi connectivity index (χ4n) is 2.82. The van der Waals surface area contributed by atoms with E-state index in [0.29, 0.717) is 16.4 Å². The predicted molar refractivity (Wildman–Crippen MR) is 90.4 cm³/mol. The maximum absolute atomic E-state index is 12.6. The summed E-state index contributed by atoms with van der Waals surface area (Å²) in [6.07, 6.45) is 4.83. The van der Waals surface area contributed by atoms with E-state index in [-0.39, 0.29) is 16.9 Å². The summed E-state index contributed by atoms with van der Waals surface area (Å²) < 4.78 is 2.83. The van der Waals surface area contributed by atoms with Crippen LogP contribution in [0.1, 0.15) is 20.7 Å². The quantitative estimate of drug-likeness (QED) is 0.669. The zero-order chi connectivity index (χ0) is 17.7. The van der Waals surface area contributed by atoms with E-state index in [9.17, 15) is 14.4 Å². The molecule has 0 bridgehead atoms. The molecule has 1 aliphatic heterocycles. The minimum atomic E-state index is -0.642. The number of nitrogen functional groups attached to an aromatic ring is 1. The number of carbonyl (C=O) groups is 2. The van der Waals surface area contributed by atoms with E-state index < -0.39 is 17.4 Å². The standard InChI is InChI=1S/C16H10ClN5O3/c17-8-1-2-10(21-4-3-19-7-21)11(5-8)22-12(23)6-9-13(14(22)18)16(25)20-15(9)24/h1-7H,18H2,(H,20,24,25). The summed E-state index contributed by atoms with van der Waals surface area (Å²) in [5.41, 5.74) is 6.41. The summed E-state index contributed by atoms with van der Waals surface area (Å²) in [7, 11) is 0. The van der Waals surface area contributed by atoms with Gasteiger partial charge in [-0.05, 0) is 18.2 Å². The summed E-state index contributed by atoms with van der Waals surface area (Å²) in [5.74, 6) is -1.41. The van der Waals surface area contributed by atoms with Gasteiger partial charge in [0, 0.05) is 23.5 Å². The van der Waals surface area contributed by atoms with Crippen molar-refractivity contribution in [3.05, 3.63) is 69.5 Å². The van der Waals surface area contributed by atoms with Gasteiger partial charge in [0.2, 0.25) is 0 Å². The minimum absolute atomic E-state index is 0.0267. The average Bonchev–Trinajstić information content (AvgIpc) is 3.16. The molecule has 0 saturated heterocycles. The number of nitrogens with one attached hydrogen (secondary N) is 1. The topological polar surface area (TPSA) is 112 Å². The Morgan fingerprint density at radius 2 is 1.88 bits per heavy atom. The van der Waals surface area contributed by atoms with Crippen LogP contribution >= 0.6 is 11.6 Å². The van der Waals surface area contributed by atoms with Crippen LogP contribution in [0.2, 0.25) is 5.02 Å². The Kier molecular flexibility index (Phi) is 3.22. The molecule has 1 aliphatic rings. The van der Waals surface area contributed by atoms with Crippen molar-refractivity contribution in [1.82, 2.24) is 19.4 Å². The first-order chi connectivity index (χ1) is 12.0. The number of imidazole rings is 1. The molecule has 3 heterocycles. The fourth-order valence-corrected chi connectivity index (χ4v) is 2.99. The van der Waals surface area contributed by atoms with Gasteiger partial charge in [-0.25, -0.2) is 4.98 Å². The molecule has 0 fully saturated rings. The van der Waals surface area contributed by atoms with Crippen LogP contribution in [0.3, 0.4) is 0 Å². The van der Waals surface area contributed by atoms with Gasteiger partial charge in [-0.1, -0.05) is 11.6 Å². The number of anilines is 1. The largest absolute Gasteiger partial charge is 0.384 e. The van der Waals surface area contributed by atoms with Crippen LogP contribution < -0.4 is 16.6 Å². The van der Waals surface area contributed by atoms with Crippen molar-refractivity contribution in [3.8, 4) is 11.4 Å². The lowest BCUT2D eigenvalue weighted by Gasteiger charge is -2.16. The predicted octanol–water partition coefficient (Wildman–Crippen LogP) is 1.14. The normalized spacial score (nSPS) is 13.0. The molecule has 0 spiro atoms. The number of halogens is 1. The molecule has 3 N–H and O–H groups in total. The number of amides is 2. The van der Waals surface area contributed by atoms with Gasteiger partial charge < -0.3 is 10.3 Å². The number of rotatable bonds is 2. The Morgan fingerprint density at radius 1 is 1.08 bits per heavy atom. The van der Waals surface area contributed by atoms with E-state index in [1.807, 2.05) is 0 Å². The van der Waals surface area contributed by atoms with Gasteiger partial charge in [-0.2, -0.15) is 0 Å². The van der Waals surface area contributed by atoms with E-state index in [4.69, 9.17) is 17.3 Å². The molecular formula is C16H10ClN5O3. The van der Waals surface area contributed by atoms with Gasteiger partial charge in [0.05, 0.1) is 28.8 Å². The number of hydrogen-bond donors (Lipinski definition) is 2. The van der Waals surface area contributed by atoms with Crippen molar-refractivity contribution < 1.29 is 9.59 Å². The van der Waals surface area contributed by atoms with Gasteiger partial charge in [-0.3, -0.25) is 24.3 Å². The third-order valence-corrected chi connectivity index (χ3v) is 4.15. The zero-order valence-electron chi connectivity index (χ0n) is 12.6. The van der Waals surface area contributed by atoms with E-state index >= 15 is 0 Å². The Balaban J connectivity index is 2.06. The number of nitrogens with two attached hydrogens (primary N) is 1. The molecule has 4 rings (SSSR count). The van der Waals surface area contributed by atoms with Crippen LogP contribution in [-0.4, -0.2) is 25.9 Å². The molecule has 0 atom stereocenters. The Hall–Kier alpha value is -3.39. The molecule has 0 saturated carbocycles. The van der Waals surface area contributed by atoms with Gasteiger partial charge in [0.25, 0.3) is 17.4 Å². The molecular weight excluding hydrogens is 346 g/mol. The highest BCUT2D eigenvalue weighted by Gasteiger charge is 2.32. The first-order valence-corrected chi connectivity index (χ1v) is 7.54. The fraction of sp³-hybridized carbons (Fsp3) is 0. The van der Waals surface area contributed by atoms with Crippen molar-refractivity contribution >= 4 is 29.2 Å². The lowest BCUT2D eigenvalue weighted by Crippen LogP contribution is -2.25. The number of nitrogens with zero attached hydrogens (tertiary/aromatic N) is 3. The molecule has 25 heavy (non-hydrogen) atoms. The average molecular weight is 356 g/mol. The molecule has 3 aromatic rings. The summed E-state index contributed by atoms with van der Waals surface area (Å²) >= 11 is 6.09. The lowest BCUT2D eigenvalue weighted by molar-refractivity contribution is 0.0880. The van der Waals surface area contributed by atoms with Crippen LogP contribution in [0.15, 0.2) is 47.8 Å². The monoisotopic (exact) mass is 355 g/mol. The lowest BCUT2D eigenvalue weighted by atomic mass is 10.1. The number of benzene rings is 1. The molecule has 0 radical (unpaired) electrons. The van der Waals surface area contributed by atoms with Crippen LogP contribution in [0.5, 0.6) is 0 Å². The summed E-state index contributed by atoms with van der Waals surface area (Å²) in [5, 5.41) is 2.51. The molecule has 0 unspecified atom stereocenters. The van der Waals surface area contributed by atoms with Crippen LogP contribution in [-0.2, 0) is 0 Å². The number of fused-ring (bicyclic) bond motifs is 1. The highest BCUT2D eigenvalue weighted by molar-refractivity contribution is 6.30. The second-order valence-electron chi connectivity index (χ2n) is 5.38. The van der Waals surface area contributed by atoms with E-state index in [1.165, 1.54) is 0 Å². The van der Waals surface area contributed by atoms with Crippen molar-refractivity contribution in [1.29, 1.82) is 0 Å². The Labute approximate surface area is 145 Å². The van der Waals surface area contributed by atoms with E-state index in [0.717, 1.165) is 10.6 Å². The SMILES string of the molecule is Nc1c2c(cc(=O)n1-c1cc(Cl)ccc1-n1ccnc1)C(=O)NC2=O. The first-order valence-electron chi connectivity index (χ1n) is 7.17. The molecule has 1 aromatic carbocycles. The highest BCUT2D eigenvalue weighted by Crippen LogP contribution is 2.28. The maximum Gasteiger partial charge on any atom is 0.262 e. The smallest absolute Gasteiger partial charge is 0.262 e. The molecule has 8 nitrogen and oxygen atoms in total. The molecule has 124 valence electrons. The first kappa shape index (κ1) is 15.2. The number of aromatic nitrogens is 3. The number of carbonyl (C=O) groups excluding carboxylic acids is 2. The van der Waals surface area contributed by atoms with Crippen LogP contribution in [0, 0.1) is 0 Å². The number of pyridine rings is 1. The van der Waals surface area contributed by atoms with E-state index in [1.54, 1.807) is 41.5 Å². The number of imide groups is 1. The second kappa shape index (κ2) is 5.32. The molecule has 0 aliphatic carbocycles. The van der Waals surface area contributed by atoms with Gasteiger partial charge >= 0.3 is 0 Å². The minimum Gasteiger partial charge on any atom is -0.384 e. The van der Waals surface area contributed by atoms with E-state index in [2.05, 4.69) is 10.3 Å². The third kappa shape index (κ3) is 2.23. The second-order valence-corrected chi connectivity index (χ2v) is 5.81. The van der Waals surface area contributed by atoms with Gasteiger partial charge in [0.1, 0.15) is 5.82 Å². The van der Waals surface area contributed by atoms with Crippen molar-refractivity contribution in [2.24, 2.45) is 0 Å². The maximum atomic E-state index is 12.6. The Morgan fingerprint density at radius 3 is 2.60 bits per heavy atom. The van der Waals surface area contributed by atoms with Crippen molar-refractivity contribution in [2.75, 3.05) is 5.73 Å². The number of hydrogen-bond acceptors (Lipinski definition) is 5. The highest BCUT2D eigenvalue weighted by atomic mass is 35.5. The zero-order valence-corrected chi connectivity index (χ0v) is 13.3. The third-order valence-electron chi connectivity index (χ3n) is 3.91. The summed E-state index contributed by atoms with van der Waals surface area (Å²) in [6, 6.07) is 6.00. The van der Waals surface area contributed by atoms with Crippen LogP contribution in [0.25, 0.3) is 11.4 Å². The van der Waals surface area contributed by atoms with Crippen molar-refractivity contribution in [3.63, 3.8) is 0 Å². The van der Waals surface area contributed by atoms with Crippen LogP contribution in [0.4, 0.5) is 5.82 Å².